The molecule has 22 heavy (non-hydrogen) atoms. The number of rotatable bonds is 2. The molecule has 3 amide bonds. The van der Waals surface area contributed by atoms with Gasteiger partial charge in [0.05, 0.1) is 6.04 Å². The lowest BCUT2D eigenvalue weighted by atomic mass is 9.96. The van der Waals surface area contributed by atoms with Crippen LogP contribution >= 0.6 is 0 Å². The summed E-state index contributed by atoms with van der Waals surface area (Å²) in [6, 6.07) is 9.09. The minimum absolute atomic E-state index is 0.178. The Morgan fingerprint density at radius 1 is 1.18 bits per heavy atom. The summed E-state index contributed by atoms with van der Waals surface area (Å²) in [4.78, 5) is 25.7. The molecule has 3 rings (SSSR count). The van der Waals surface area contributed by atoms with Gasteiger partial charge in [-0.05, 0) is 25.3 Å². The highest BCUT2D eigenvalue weighted by atomic mass is 16.6. The second-order valence-corrected chi connectivity index (χ2v) is 6.11. The molecule has 0 aromatic heterocycles. The molecule has 2 aliphatic rings. The summed E-state index contributed by atoms with van der Waals surface area (Å²) in [6.07, 6.45) is 4.52. The molecule has 1 N–H and O–H groups in total. The maximum Gasteiger partial charge on any atom is 0.419 e. The van der Waals surface area contributed by atoms with Crippen LogP contribution in [0.4, 0.5) is 9.59 Å². The van der Waals surface area contributed by atoms with Gasteiger partial charge in [0.25, 0.3) is 0 Å². The molecule has 1 saturated carbocycles. The summed E-state index contributed by atoms with van der Waals surface area (Å²) >= 11 is 0. The molecule has 5 heteroatoms. The molecule has 1 heterocycles. The van der Waals surface area contributed by atoms with Gasteiger partial charge in [-0.1, -0.05) is 49.6 Å². The molecule has 5 nitrogen and oxygen atoms in total. The van der Waals surface area contributed by atoms with Gasteiger partial charge in [0.1, 0.15) is 6.10 Å². The maximum absolute atomic E-state index is 12.4. The number of nitrogens with one attached hydrogen (secondary N) is 1. The van der Waals surface area contributed by atoms with Crippen molar-refractivity contribution >= 4 is 12.1 Å². The molecule has 0 bridgehead atoms. The first-order valence-corrected chi connectivity index (χ1v) is 8.02. The third-order valence-corrected chi connectivity index (χ3v) is 4.55. The van der Waals surface area contributed by atoms with Crippen molar-refractivity contribution in [1.29, 1.82) is 0 Å². The molecule has 1 aromatic rings. The van der Waals surface area contributed by atoms with Crippen molar-refractivity contribution in [3.63, 3.8) is 0 Å². The summed E-state index contributed by atoms with van der Waals surface area (Å²) in [5.41, 5.74) is 0.913. The highest BCUT2D eigenvalue weighted by Crippen LogP contribution is 2.32. The third kappa shape index (κ3) is 2.93. The summed E-state index contributed by atoms with van der Waals surface area (Å²) < 4.78 is 5.41. The van der Waals surface area contributed by atoms with Gasteiger partial charge in [-0.15, -0.1) is 0 Å². The average molecular weight is 302 g/mol. The van der Waals surface area contributed by atoms with Crippen LogP contribution in [0.25, 0.3) is 0 Å². The van der Waals surface area contributed by atoms with Crippen molar-refractivity contribution in [3.05, 3.63) is 35.9 Å². The van der Waals surface area contributed by atoms with Crippen molar-refractivity contribution in [3.8, 4) is 0 Å². The Morgan fingerprint density at radius 2 is 1.86 bits per heavy atom. The molecule has 2 fully saturated rings. The first-order valence-electron chi connectivity index (χ1n) is 8.02. The van der Waals surface area contributed by atoms with Gasteiger partial charge in [-0.2, -0.15) is 0 Å². The number of nitrogens with zero attached hydrogens (tertiary/aromatic N) is 1. The zero-order valence-corrected chi connectivity index (χ0v) is 12.8. The minimum atomic E-state index is -0.560. The van der Waals surface area contributed by atoms with Crippen LogP contribution in [0.2, 0.25) is 0 Å². The summed E-state index contributed by atoms with van der Waals surface area (Å²) in [7, 11) is 0. The molecule has 1 aliphatic carbocycles. The monoisotopic (exact) mass is 302 g/mol. The lowest BCUT2D eigenvalue weighted by Gasteiger charge is -2.26. The number of cyclic esters (lactones) is 1. The highest BCUT2D eigenvalue weighted by molar-refractivity contribution is 5.93. The van der Waals surface area contributed by atoms with Crippen molar-refractivity contribution < 1.29 is 14.3 Å². The molecule has 0 spiro atoms. The van der Waals surface area contributed by atoms with Crippen LogP contribution in [0.15, 0.2) is 30.3 Å². The lowest BCUT2D eigenvalue weighted by molar-refractivity contribution is 0.131. The highest BCUT2D eigenvalue weighted by Gasteiger charge is 2.43. The van der Waals surface area contributed by atoms with Gasteiger partial charge in [0.15, 0.2) is 0 Å². The predicted octanol–water partition coefficient (Wildman–Crippen LogP) is 3.61. The van der Waals surface area contributed by atoms with Crippen LogP contribution in [0, 0.1) is 0 Å². The van der Waals surface area contributed by atoms with E-state index in [9.17, 15) is 9.59 Å². The van der Waals surface area contributed by atoms with Gasteiger partial charge < -0.3 is 10.1 Å². The number of hydrogen-bond acceptors (Lipinski definition) is 3. The van der Waals surface area contributed by atoms with E-state index in [4.69, 9.17) is 4.74 Å². The molecule has 1 aromatic carbocycles. The Bertz CT molecular complexity index is 540. The maximum atomic E-state index is 12.4. The van der Waals surface area contributed by atoms with E-state index in [0.717, 1.165) is 31.2 Å². The molecular formula is C17H22N2O3. The fourth-order valence-corrected chi connectivity index (χ4v) is 3.31. The zero-order valence-electron chi connectivity index (χ0n) is 12.8. The Kier molecular flexibility index (Phi) is 4.32. The number of carbonyl (C=O) groups excluding carboxylic acids is 2. The van der Waals surface area contributed by atoms with Crippen LogP contribution in [0.3, 0.4) is 0 Å². The van der Waals surface area contributed by atoms with E-state index in [1.54, 1.807) is 0 Å². The van der Waals surface area contributed by atoms with E-state index < -0.39 is 12.2 Å². The SMILES string of the molecule is CC1C(c2ccccc2)OC(=O)N1C(=O)NC1CCCCC1. The van der Waals surface area contributed by atoms with Crippen LogP contribution in [0.1, 0.15) is 50.7 Å². The Morgan fingerprint density at radius 3 is 2.55 bits per heavy atom. The predicted molar refractivity (Wildman–Crippen MR) is 82.4 cm³/mol. The van der Waals surface area contributed by atoms with Crippen LogP contribution < -0.4 is 5.32 Å². The number of imide groups is 1. The summed E-state index contributed by atoms with van der Waals surface area (Å²) in [6.45, 7) is 1.85. The van der Waals surface area contributed by atoms with Crippen LogP contribution in [-0.2, 0) is 4.74 Å². The smallest absolute Gasteiger partial charge is 0.419 e. The Labute approximate surface area is 130 Å². The number of carbonyl (C=O) groups is 2. The first kappa shape index (κ1) is 14.9. The van der Waals surface area contributed by atoms with Crippen molar-refractivity contribution in [1.82, 2.24) is 10.2 Å². The molecular weight excluding hydrogens is 280 g/mol. The van der Waals surface area contributed by atoms with Gasteiger partial charge >= 0.3 is 12.1 Å². The van der Waals surface area contributed by atoms with Gasteiger partial charge in [0.2, 0.25) is 0 Å². The van der Waals surface area contributed by atoms with Crippen LogP contribution in [0.5, 0.6) is 0 Å². The molecule has 1 saturated heterocycles. The van der Waals surface area contributed by atoms with E-state index in [0.29, 0.717) is 0 Å². The average Bonchev–Trinajstić information content (AvgIpc) is 2.84. The number of hydrogen-bond donors (Lipinski definition) is 1. The Hall–Kier alpha value is -2.04. The quantitative estimate of drug-likeness (QED) is 0.908. The number of ether oxygens (including phenoxy) is 1. The molecule has 1 aliphatic heterocycles. The zero-order chi connectivity index (χ0) is 15.5. The molecule has 2 unspecified atom stereocenters. The normalized spacial score (nSPS) is 25.9. The summed E-state index contributed by atoms with van der Waals surface area (Å²) in [5, 5.41) is 2.98. The number of benzene rings is 1. The van der Waals surface area contributed by atoms with Crippen molar-refractivity contribution in [2.24, 2.45) is 0 Å². The topological polar surface area (TPSA) is 58.6 Å². The van der Waals surface area contributed by atoms with E-state index in [1.807, 2.05) is 37.3 Å². The number of urea groups is 1. The first-order chi connectivity index (χ1) is 10.7. The van der Waals surface area contributed by atoms with E-state index >= 15 is 0 Å². The molecule has 118 valence electrons. The minimum Gasteiger partial charge on any atom is -0.439 e. The van der Waals surface area contributed by atoms with E-state index in [1.165, 1.54) is 11.3 Å². The second-order valence-electron chi connectivity index (χ2n) is 6.11. The molecule has 0 radical (unpaired) electrons. The Balaban J connectivity index is 1.68. The fraction of sp³-hybridized carbons (Fsp3) is 0.529. The van der Waals surface area contributed by atoms with Crippen molar-refractivity contribution in [2.75, 3.05) is 0 Å². The van der Waals surface area contributed by atoms with E-state index in [-0.39, 0.29) is 18.1 Å². The van der Waals surface area contributed by atoms with E-state index in [2.05, 4.69) is 5.32 Å². The fourth-order valence-electron chi connectivity index (χ4n) is 3.31. The number of amides is 3. The lowest BCUT2D eigenvalue weighted by Crippen LogP contribution is -2.48. The van der Waals surface area contributed by atoms with Crippen molar-refractivity contribution in [2.45, 2.75) is 57.2 Å². The standard InChI is InChI=1S/C17H22N2O3/c1-12-15(13-8-4-2-5-9-13)22-17(21)19(12)16(20)18-14-10-6-3-7-11-14/h2,4-5,8-9,12,14-15H,3,6-7,10-11H2,1H3,(H,18,20). The van der Waals surface area contributed by atoms with Gasteiger partial charge in [-0.25, -0.2) is 14.5 Å². The summed E-state index contributed by atoms with van der Waals surface area (Å²) in [5.74, 6) is 0. The third-order valence-electron chi connectivity index (χ3n) is 4.55. The van der Waals surface area contributed by atoms with Gasteiger partial charge in [0, 0.05) is 6.04 Å². The van der Waals surface area contributed by atoms with Crippen LogP contribution in [-0.4, -0.2) is 29.1 Å². The van der Waals surface area contributed by atoms with Gasteiger partial charge in [-0.3, -0.25) is 0 Å². The largest absolute Gasteiger partial charge is 0.439 e. The molecule has 2 atom stereocenters. The second kappa shape index (κ2) is 6.38.